The summed E-state index contributed by atoms with van der Waals surface area (Å²) in [4.78, 5) is 21.1. The lowest BCUT2D eigenvalue weighted by Crippen LogP contribution is -2.15. The first-order valence-electron chi connectivity index (χ1n) is 9.96. The Morgan fingerprint density at radius 2 is 1.30 bits per heavy atom. The van der Waals surface area contributed by atoms with E-state index < -0.39 is 11.9 Å². The van der Waals surface area contributed by atoms with Crippen LogP contribution in [0.4, 0.5) is 0 Å². The number of fused-ring (bicyclic) bond motifs is 2. The Balaban J connectivity index is 0.000000156. The van der Waals surface area contributed by atoms with Crippen LogP contribution in [0, 0.1) is 11.8 Å². The van der Waals surface area contributed by atoms with Crippen LogP contribution in [0.1, 0.15) is 57.8 Å². The fourth-order valence-electron chi connectivity index (χ4n) is 4.34. The van der Waals surface area contributed by atoms with E-state index in [-0.39, 0.29) is 0 Å². The van der Waals surface area contributed by atoms with Crippen molar-refractivity contribution in [2.75, 3.05) is 0 Å². The number of ether oxygens (including phenoxy) is 2. The van der Waals surface area contributed by atoms with Crippen molar-refractivity contribution in [3.8, 4) is 0 Å². The first-order chi connectivity index (χ1) is 12.8. The molecule has 27 heavy (non-hydrogen) atoms. The minimum atomic E-state index is -0.862. The zero-order chi connectivity index (χ0) is 19.6. The van der Waals surface area contributed by atoms with Gasteiger partial charge in [-0.3, -0.25) is 0 Å². The third-order valence-corrected chi connectivity index (χ3v) is 6.22. The summed E-state index contributed by atoms with van der Waals surface area (Å²) in [6.45, 7) is 7.08. The molecule has 0 radical (unpaired) electrons. The summed E-state index contributed by atoms with van der Waals surface area (Å²) < 4.78 is 10.8. The minimum Gasteiger partial charge on any atom is -0.478 e. The van der Waals surface area contributed by atoms with E-state index >= 15 is 0 Å². The lowest BCUT2D eigenvalue weighted by Gasteiger charge is -2.18. The molecule has 6 heteroatoms. The molecule has 2 heterocycles. The number of carboxylic acid groups (broad SMARTS) is 2. The molecule has 0 aromatic carbocycles. The van der Waals surface area contributed by atoms with Crippen molar-refractivity contribution in [3.05, 3.63) is 24.3 Å². The van der Waals surface area contributed by atoms with Gasteiger partial charge in [0.2, 0.25) is 0 Å². The topological polar surface area (TPSA) is 99.7 Å². The molecular formula is C21H30O6. The smallest absolute Gasteiger partial charge is 0.330 e. The van der Waals surface area contributed by atoms with Crippen LogP contribution in [0.5, 0.6) is 0 Å². The molecule has 4 fully saturated rings. The van der Waals surface area contributed by atoms with Gasteiger partial charge in [0.1, 0.15) is 0 Å². The van der Waals surface area contributed by atoms with E-state index in [0.29, 0.717) is 60.2 Å². The van der Waals surface area contributed by atoms with Crippen molar-refractivity contribution < 1.29 is 29.3 Å². The lowest BCUT2D eigenvalue weighted by molar-refractivity contribution is -0.133. The Morgan fingerprint density at radius 3 is 1.81 bits per heavy atom. The number of carboxylic acids is 2. The molecule has 150 valence electrons. The second kappa shape index (κ2) is 8.57. The van der Waals surface area contributed by atoms with Gasteiger partial charge in [-0.15, -0.1) is 0 Å². The highest BCUT2D eigenvalue weighted by Gasteiger charge is 2.44. The predicted octanol–water partition coefficient (Wildman–Crippen LogP) is 3.56. The van der Waals surface area contributed by atoms with Crippen molar-refractivity contribution in [2.45, 2.75) is 82.2 Å². The zero-order valence-electron chi connectivity index (χ0n) is 15.8. The molecule has 2 N–H and O–H groups in total. The third-order valence-electron chi connectivity index (χ3n) is 6.22. The normalized spacial score (nSPS) is 35.6. The molecule has 6 unspecified atom stereocenters. The fourth-order valence-corrected chi connectivity index (χ4v) is 4.34. The second-order valence-electron chi connectivity index (χ2n) is 8.34. The van der Waals surface area contributed by atoms with Gasteiger partial charge in [-0.2, -0.15) is 0 Å². The number of aliphatic carboxylic acids is 2. The van der Waals surface area contributed by atoms with Crippen molar-refractivity contribution in [1.29, 1.82) is 0 Å². The molecule has 6 nitrogen and oxygen atoms in total. The maximum atomic E-state index is 10.5. The Kier molecular flexibility index (Phi) is 6.37. The summed E-state index contributed by atoms with van der Waals surface area (Å²) in [6, 6.07) is 0. The number of rotatable bonds is 7. The Bertz CT molecular complexity index is 612. The first kappa shape index (κ1) is 20.1. The predicted molar refractivity (Wildman–Crippen MR) is 99.4 cm³/mol. The standard InChI is InChI=1S/C11H16O3.C10H14O3/c1-7(11(12)13)2-3-8-4-5-9-10(6-8)14-9;1-6(10(11)12)4-7-2-3-8-9(5-7)13-8/h8-10H,1-6H2,(H,12,13);7-9H,1-5H2,(H,11,12). The van der Waals surface area contributed by atoms with Crippen LogP contribution < -0.4 is 0 Å². The minimum absolute atomic E-state index is 0.337. The molecule has 2 aliphatic heterocycles. The van der Waals surface area contributed by atoms with Crippen molar-refractivity contribution in [2.24, 2.45) is 11.8 Å². The van der Waals surface area contributed by atoms with Gasteiger partial charge in [-0.1, -0.05) is 13.2 Å². The van der Waals surface area contributed by atoms with Crippen LogP contribution in [0.3, 0.4) is 0 Å². The van der Waals surface area contributed by atoms with E-state index in [1.807, 2.05) is 0 Å². The van der Waals surface area contributed by atoms with E-state index in [1.54, 1.807) is 0 Å². The van der Waals surface area contributed by atoms with Crippen molar-refractivity contribution in [3.63, 3.8) is 0 Å². The van der Waals surface area contributed by atoms with E-state index in [9.17, 15) is 9.59 Å². The monoisotopic (exact) mass is 378 g/mol. The van der Waals surface area contributed by atoms with Crippen LogP contribution in [0.2, 0.25) is 0 Å². The third kappa shape index (κ3) is 5.91. The maximum absolute atomic E-state index is 10.5. The van der Waals surface area contributed by atoms with Crippen LogP contribution >= 0.6 is 0 Å². The van der Waals surface area contributed by atoms with Gasteiger partial charge in [0.25, 0.3) is 0 Å². The van der Waals surface area contributed by atoms with Gasteiger partial charge >= 0.3 is 11.9 Å². The van der Waals surface area contributed by atoms with Crippen LogP contribution in [-0.4, -0.2) is 46.6 Å². The summed E-state index contributed by atoms with van der Waals surface area (Å²) in [6.07, 6.45) is 10.8. The molecule has 6 atom stereocenters. The molecule has 4 aliphatic rings. The first-order valence-corrected chi connectivity index (χ1v) is 9.96. The SMILES string of the molecule is C=C(CC1CCC2OC2C1)C(=O)O.C=C(CCC1CCC2OC2C1)C(=O)O. The van der Waals surface area contributed by atoms with Crippen LogP contribution in [-0.2, 0) is 19.1 Å². The molecule has 0 amide bonds. The average molecular weight is 378 g/mol. The molecule has 0 spiro atoms. The number of hydrogen-bond acceptors (Lipinski definition) is 4. The molecule has 0 bridgehead atoms. The Hall–Kier alpha value is -1.66. The fraction of sp³-hybridized carbons (Fsp3) is 0.714. The molecule has 0 aromatic rings. The Labute approximate surface area is 160 Å². The summed E-state index contributed by atoms with van der Waals surface area (Å²) in [5.41, 5.74) is 0.674. The van der Waals surface area contributed by atoms with E-state index in [1.165, 1.54) is 6.42 Å². The molecule has 4 rings (SSSR count). The van der Waals surface area contributed by atoms with Crippen molar-refractivity contribution >= 4 is 11.9 Å². The van der Waals surface area contributed by atoms with E-state index in [4.69, 9.17) is 19.7 Å². The van der Waals surface area contributed by atoms with Gasteiger partial charge < -0.3 is 19.7 Å². The van der Waals surface area contributed by atoms with Gasteiger partial charge in [-0.25, -0.2) is 9.59 Å². The second-order valence-corrected chi connectivity index (χ2v) is 8.34. The molecule has 2 saturated heterocycles. The molecule has 0 aromatic heterocycles. The zero-order valence-corrected chi connectivity index (χ0v) is 15.8. The highest BCUT2D eigenvalue weighted by atomic mass is 16.6. The number of epoxide rings is 2. The number of carbonyl (C=O) groups is 2. The van der Waals surface area contributed by atoms with Crippen LogP contribution in [0.25, 0.3) is 0 Å². The van der Waals surface area contributed by atoms with Gasteiger partial charge in [0.15, 0.2) is 0 Å². The van der Waals surface area contributed by atoms with Gasteiger partial charge in [-0.05, 0) is 69.6 Å². The molecule has 2 aliphatic carbocycles. The lowest BCUT2D eigenvalue weighted by atomic mass is 9.85. The van der Waals surface area contributed by atoms with Crippen LogP contribution in [0.15, 0.2) is 24.3 Å². The summed E-state index contributed by atoms with van der Waals surface area (Å²) in [5, 5.41) is 17.3. The van der Waals surface area contributed by atoms with Gasteiger partial charge in [0, 0.05) is 11.1 Å². The quantitative estimate of drug-likeness (QED) is 0.519. The van der Waals surface area contributed by atoms with Crippen molar-refractivity contribution in [1.82, 2.24) is 0 Å². The maximum Gasteiger partial charge on any atom is 0.330 e. The van der Waals surface area contributed by atoms with E-state index in [0.717, 1.165) is 38.5 Å². The largest absolute Gasteiger partial charge is 0.478 e. The van der Waals surface area contributed by atoms with Gasteiger partial charge in [0.05, 0.1) is 24.4 Å². The molecular weight excluding hydrogens is 348 g/mol. The highest BCUT2D eigenvalue weighted by molar-refractivity contribution is 5.86. The molecule has 2 saturated carbocycles. The number of hydrogen-bond donors (Lipinski definition) is 2. The van der Waals surface area contributed by atoms with E-state index in [2.05, 4.69) is 13.2 Å². The highest BCUT2D eigenvalue weighted by Crippen LogP contribution is 2.42. The Morgan fingerprint density at radius 1 is 0.778 bits per heavy atom. The summed E-state index contributed by atoms with van der Waals surface area (Å²) >= 11 is 0. The summed E-state index contributed by atoms with van der Waals surface area (Å²) in [5.74, 6) is -0.595. The average Bonchev–Trinajstić information content (AvgIpc) is 3.53. The summed E-state index contributed by atoms with van der Waals surface area (Å²) in [7, 11) is 0.